The van der Waals surface area contributed by atoms with Crippen LogP contribution in [0.1, 0.15) is 10.5 Å². The van der Waals surface area contributed by atoms with E-state index in [9.17, 15) is 136 Å². The number of nitrogen functional groups attached to an aromatic ring is 1. The Hall–Kier alpha value is -10.5. The summed E-state index contributed by atoms with van der Waals surface area (Å²) in [7, 11) is -39.1. The summed E-state index contributed by atoms with van der Waals surface area (Å²) in [6, 6.07) is 6.88. The molecule has 13 N–H and O–H groups in total. The van der Waals surface area contributed by atoms with Crippen molar-refractivity contribution in [1.29, 1.82) is 0 Å². The maximum Gasteiger partial charge on any atom is 0.358 e. The molecule has 482 valence electrons. The topological polar surface area (TPSA) is 708 Å². The zero-order valence-electron chi connectivity index (χ0n) is 43.6. The van der Waals surface area contributed by atoms with E-state index in [1.165, 1.54) is 0 Å². The highest BCUT2D eigenvalue weighted by Gasteiger charge is 2.33. The van der Waals surface area contributed by atoms with Crippen LogP contribution in [0.3, 0.4) is 0 Å². The third-order valence-corrected chi connectivity index (χ3v) is 18.2. The summed E-state index contributed by atoms with van der Waals surface area (Å²) in [6.07, 6.45) is 0. The van der Waals surface area contributed by atoms with Crippen molar-refractivity contribution in [2.75, 3.05) is 5.73 Å². The lowest BCUT2D eigenvalue weighted by Gasteiger charge is -2.15. The van der Waals surface area contributed by atoms with Gasteiger partial charge in [-0.3, -0.25) is 52.1 Å². The Morgan fingerprint density at radius 2 is 0.935 bits per heavy atom. The van der Waals surface area contributed by atoms with Gasteiger partial charge >= 0.3 is 5.97 Å². The second-order valence-electron chi connectivity index (χ2n) is 17.7. The van der Waals surface area contributed by atoms with Gasteiger partial charge in [-0.2, -0.15) is 68.7 Å². The monoisotopic (exact) mass is 1420 g/mol. The number of rotatable bonds is 19. The van der Waals surface area contributed by atoms with E-state index in [0.717, 1.165) is 24.3 Å². The number of phenolic OH excluding ortho intramolecular Hbond substituents is 2. The number of hydrogen-bond donors (Lipinski definition) is 12. The number of anilines is 1. The molecule has 1 aromatic heterocycles. The summed E-state index contributed by atoms with van der Waals surface area (Å²) < 4.78 is 246. The highest BCUT2D eigenvalue weighted by molar-refractivity contribution is 7.87. The van der Waals surface area contributed by atoms with Crippen LogP contribution < -0.4 is 5.73 Å². The number of nitrogens with two attached hydrogens (primary N) is 1. The lowest BCUT2D eigenvalue weighted by atomic mass is 10.0. The first-order valence-electron chi connectivity index (χ1n) is 22.9. The number of carboxylic acid groups (broad SMARTS) is 1. The van der Waals surface area contributed by atoms with Crippen molar-refractivity contribution in [2.45, 2.75) is 34.3 Å². The maximum absolute atomic E-state index is 13.2. The molecule has 8 rings (SSSR count). The average molecular weight is 1420 g/mol. The van der Waals surface area contributed by atoms with E-state index < -0.39 is 228 Å². The summed E-state index contributed by atoms with van der Waals surface area (Å²) >= 11 is 0. The Morgan fingerprint density at radius 1 is 0.457 bits per heavy atom. The number of aromatic hydroxyl groups is 3. The predicted molar refractivity (Wildman–Crippen MR) is 299 cm³/mol. The number of azo groups is 4. The van der Waals surface area contributed by atoms with Crippen molar-refractivity contribution in [3.8, 4) is 23.1 Å². The molecule has 0 bridgehead atoms. The molecular formula is C42H27N13O30S7. The lowest BCUT2D eigenvalue weighted by molar-refractivity contribution is -0.385. The van der Waals surface area contributed by atoms with Gasteiger partial charge in [-0.1, -0.05) is 0 Å². The van der Waals surface area contributed by atoms with Gasteiger partial charge in [-0.15, -0.1) is 40.9 Å². The normalized spacial score (nSPS) is 13.2. The van der Waals surface area contributed by atoms with Crippen LogP contribution in [0.15, 0.2) is 160 Å². The van der Waals surface area contributed by atoms with E-state index in [0.29, 0.717) is 28.9 Å². The minimum atomic E-state index is -5.92. The summed E-state index contributed by atoms with van der Waals surface area (Å²) in [4.78, 5) is 23.4. The number of non-ortho nitro benzene ring substituents is 1. The van der Waals surface area contributed by atoms with Crippen LogP contribution >= 0.6 is 0 Å². The predicted octanol–water partition coefficient (Wildman–Crippen LogP) is 6.78. The Labute approximate surface area is 508 Å². The summed E-state index contributed by atoms with van der Waals surface area (Å²) in [5, 5.41) is 94.4. The molecule has 0 aliphatic carbocycles. The molecule has 7 aromatic carbocycles. The van der Waals surface area contributed by atoms with Gasteiger partial charge < -0.3 is 26.2 Å². The van der Waals surface area contributed by atoms with Crippen LogP contribution in [0.5, 0.6) is 17.4 Å². The Balaban J connectivity index is 1.28. The van der Waals surface area contributed by atoms with E-state index in [-0.39, 0.29) is 42.1 Å². The molecule has 1 heterocycles. The van der Waals surface area contributed by atoms with Crippen molar-refractivity contribution >= 4 is 161 Å². The van der Waals surface area contributed by atoms with Gasteiger partial charge in [0.25, 0.3) is 82.2 Å². The number of nitro benzene ring substituents is 2. The Bertz CT molecular complexity index is 5630. The number of carbonyl (C=O) groups is 1. The molecule has 0 fully saturated rings. The fourth-order valence-electron chi connectivity index (χ4n) is 8.08. The van der Waals surface area contributed by atoms with Crippen LogP contribution in [0.25, 0.3) is 27.2 Å². The molecule has 0 amide bonds. The van der Waals surface area contributed by atoms with E-state index in [1.54, 1.807) is 0 Å². The first-order chi connectivity index (χ1) is 42.2. The fourth-order valence-corrected chi connectivity index (χ4v) is 12.6. The number of hydrogen-bond acceptors (Lipinski definition) is 32. The first kappa shape index (κ1) is 67.4. The summed E-state index contributed by atoms with van der Waals surface area (Å²) in [5.74, 6) is -6.37. The first-order valence-corrected chi connectivity index (χ1v) is 33.0. The Kier molecular flexibility index (Phi) is 17.1. The number of phenols is 2. The number of aromatic carboxylic acids is 1. The second-order valence-corrected chi connectivity index (χ2v) is 27.4. The Morgan fingerprint density at radius 3 is 1.45 bits per heavy atom. The molecule has 92 heavy (non-hydrogen) atoms. The standard InChI is InChI=1S/C42H27N13O30S7/c43-33-25(13-27(87(68,69)70)20-11-31(91(80,81)82)35(39(57)32(20)33)50-44-21-7-3-16(54(61)62)9-28(21)88(71,72)73)48-45-22-8-6-18-19(40(22)92(83,84)85)10-30(90(77,78)79)34(38(18)56)49-46-23-12-24(29(89(74,75)76)14-26(23)55(63)64)47-51-36-37(42(59)60)52-53(41(36)58)15-1-4-17(5-2-15)86(65,66)67/h1-14,56-58H,43H2,(H,59,60)(H,65,66,67)(H,68,69,70)(H,71,72,73)(H,74,75,76)(H,77,78,79)(H,80,81,82)(H,83,84,85). The molecule has 0 unspecified atom stereocenters. The average Bonchev–Trinajstić information content (AvgIpc) is 1.67. The molecule has 8 aromatic rings. The van der Waals surface area contributed by atoms with E-state index >= 15 is 0 Å². The van der Waals surface area contributed by atoms with Crippen LogP contribution in [0.2, 0.25) is 0 Å². The molecular weight excluding hydrogens is 1390 g/mol. The minimum Gasteiger partial charge on any atom is -0.505 e. The van der Waals surface area contributed by atoms with Crippen molar-refractivity contribution in [3.05, 3.63) is 111 Å². The van der Waals surface area contributed by atoms with Crippen molar-refractivity contribution < 1.29 is 126 Å². The number of carboxylic acids is 1. The number of nitrogens with zero attached hydrogens (tertiary/aromatic N) is 12. The lowest BCUT2D eigenvalue weighted by Crippen LogP contribution is -2.04. The van der Waals surface area contributed by atoms with Gasteiger partial charge in [0.15, 0.2) is 22.9 Å². The van der Waals surface area contributed by atoms with Gasteiger partial charge in [0, 0.05) is 40.4 Å². The van der Waals surface area contributed by atoms with Crippen LogP contribution in [-0.4, -0.2) is 137 Å². The molecule has 0 atom stereocenters. The highest BCUT2D eigenvalue weighted by Crippen LogP contribution is 2.51. The van der Waals surface area contributed by atoms with Gasteiger partial charge in [-0.25, -0.2) is 4.79 Å². The largest absolute Gasteiger partial charge is 0.505 e. The third-order valence-electron chi connectivity index (χ3n) is 12.0. The van der Waals surface area contributed by atoms with Gasteiger partial charge in [0.1, 0.15) is 63.5 Å². The van der Waals surface area contributed by atoms with Gasteiger partial charge in [-0.05, 0) is 60.7 Å². The number of nitro groups is 2. The maximum atomic E-state index is 13.2. The van der Waals surface area contributed by atoms with Crippen LogP contribution in [-0.2, 0) is 70.8 Å². The van der Waals surface area contributed by atoms with E-state index in [1.807, 2.05) is 0 Å². The van der Waals surface area contributed by atoms with Crippen molar-refractivity contribution in [1.82, 2.24) is 9.78 Å². The van der Waals surface area contributed by atoms with Crippen LogP contribution in [0.4, 0.5) is 62.6 Å². The quantitative estimate of drug-likeness (QED) is 0.0130. The molecule has 43 nitrogen and oxygen atoms in total. The molecule has 0 saturated carbocycles. The smallest absolute Gasteiger partial charge is 0.358 e. The highest BCUT2D eigenvalue weighted by atomic mass is 32.2. The molecule has 0 aliphatic rings. The summed E-state index contributed by atoms with van der Waals surface area (Å²) in [5.41, 5.74) is -8.52. The number of aromatic nitrogens is 2. The van der Waals surface area contributed by atoms with E-state index in [2.05, 4.69) is 46.0 Å². The molecule has 0 saturated heterocycles. The van der Waals surface area contributed by atoms with Crippen molar-refractivity contribution in [3.63, 3.8) is 0 Å². The zero-order chi connectivity index (χ0) is 68.7. The molecule has 0 spiro atoms. The van der Waals surface area contributed by atoms with Gasteiger partial charge in [0.05, 0.1) is 31.5 Å². The molecule has 0 aliphatic heterocycles. The number of benzene rings is 7. The SMILES string of the molecule is Nc1c(N=Nc2ccc3c(O)c(N=Nc4cc(N=Nc5c(C(=O)O)nn(-c6ccc(S(=O)(=O)O)cc6)c5O)c(S(=O)(=O)O)cc4[N+](=O)[O-])c(S(=O)(=O)O)cc3c2S(=O)(=O)O)cc(S(=O)(=O)O)c2cc(S(=O)(=O)O)c(N=Nc3ccc([N+](=O)[O-])cc3S(=O)(=O)O)c(O)c12. The summed E-state index contributed by atoms with van der Waals surface area (Å²) in [6.45, 7) is 0. The van der Waals surface area contributed by atoms with Crippen molar-refractivity contribution in [2.24, 2.45) is 40.9 Å². The number of fused-ring (bicyclic) bond motifs is 2. The minimum absolute atomic E-state index is 0.0362. The zero-order valence-corrected chi connectivity index (χ0v) is 49.3. The molecule has 0 radical (unpaired) electrons. The van der Waals surface area contributed by atoms with E-state index in [4.69, 9.17) is 5.73 Å². The fraction of sp³-hybridized carbons (Fsp3) is 0. The third kappa shape index (κ3) is 13.4. The van der Waals surface area contributed by atoms with Gasteiger partial charge in [0.2, 0.25) is 11.6 Å². The van der Waals surface area contributed by atoms with Crippen LogP contribution in [0, 0.1) is 20.2 Å². The second kappa shape index (κ2) is 23.4. The molecule has 50 heteroatoms.